The molecule has 1 N–H and O–H groups in total. The molecule has 0 fully saturated rings. The van der Waals surface area contributed by atoms with Gasteiger partial charge in [0.1, 0.15) is 5.69 Å². The van der Waals surface area contributed by atoms with Crippen molar-refractivity contribution >= 4 is 17.3 Å². The van der Waals surface area contributed by atoms with E-state index in [9.17, 15) is 20.0 Å². The summed E-state index contributed by atoms with van der Waals surface area (Å²) in [6.07, 6.45) is 4.48. The first-order valence-corrected chi connectivity index (χ1v) is 6.01. The largest absolute Gasteiger partial charge is 0.548 e. The highest BCUT2D eigenvalue weighted by molar-refractivity contribution is 5.82. The monoisotopic (exact) mass is 259 g/mol. The van der Waals surface area contributed by atoms with Crippen LogP contribution >= 0.6 is 0 Å². The van der Waals surface area contributed by atoms with Crippen molar-refractivity contribution in [2.45, 2.75) is 18.4 Å². The van der Waals surface area contributed by atoms with Crippen LogP contribution in [0.4, 0.5) is 11.4 Å². The van der Waals surface area contributed by atoms with Crippen LogP contribution in [0.1, 0.15) is 17.9 Å². The number of nitrogens with one attached hydrogen (secondary N) is 1. The lowest BCUT2D eigenvalue weighted by molar-refractivity contribution is -0.384. The second-order valence-electron chi connectivity index (χ2n) is 4.79. The lowest BCUT2D eigenvalue weighted by atomic mass is 9.79. The number of carboxylic acids is 1. The summed E-state index contributed by atoms with van der Waals surface area (Å²) < 4.78 is 0. The molecule has 0 radical (unpaired) electrons. The molecular formula is C13H11N2O4-. The zero-order valence-corrected chi connectivity index (χ0v) is 9.91. The topological polar surface area (TPSA) is 95.3 Å². The van der Waals surface area contributed by atoms with Crippen LogP contribution < -0.4 is 10.4 Å². The molecule has 0 saturated heterocycles. The number of carboxylic acid groups (broad SMARTS) is 1. The van der Waals surface area contributed by atoms with Crippen LogP contribution in [0, 0.1) is 16.0 Å². The summed E-state index contributed by atoms with van der Waals surface area (Å²) in [4.78, 5) is 21.7. The van der Waals surface area contributed by atoms with E-state index in [0.29, 0.717) is 12.1 Å². The first kappa shape index (κ1) is 11.7. The van der Waals surface area contributed by atoms with Crippen molar-refractivity contribution in [3.63, 3.8) is 0 Å². The van der Waals surface area contributed by atoms with E-state index in [-0.39, 0.29) is 17.5 Å². The fraction of sp³-hybridized carbons (Fsp3) is 0.308. The lowest BCUT2D eigenvalue weighted by Crippen LogP contribution is -2.48. The van der Waals surface area contributed by atoms with Crippen LogP contribution in [0.15, 0.2) is 30.4 Å². The Labute approximate surface area is 108 Å². The Bertz CT molecular complexity index is 596. The second-order valence-corrected chi connectivity index (χ2v) is 4.79. The molecule has 6 heteroatoms. The Morgan fingerprint density at radius 1 is 1.42 bits per heavy atom. The van der Waals surface area contributed by atoms with Gasteiger partial charge < -0.3 is 15.2 Å². The van der Waals surface area contributed by atoms with Gasteiger partial charge in [-0.2, -0.15) is 0 Å². The summed E-state index contributed by atoms with van der Waals surface area (Å²) in [6.45, 7) is 0. The first-order valence-electron chi connectivity index (χ1n) is 6.01. The van der Waals surface area contributed by atoms with Crippen LogP contribution in [-0.4, -0.2) is 16.9 Å². The Kier molecular flexibility index (Phi) is 2.51. The molecule has 0 unspecified atom stereocenters. The molecule has 1 aliphatic carbocycles. The zero-order valence-electron chi connectivity index (χ0n) is 9.91. The molecule has 3 rings (SSSR count). The van der Waals surface area contributed by atoms with Crippen molar-refractivity contribution in [3.8, 4) is 0 Å². The Hall–Kier alpha value is -2.37. The Morgan fingerprint density at radius 3 is 2.89 bits per heavy atom. The molecule has 0 amide bonds. The third-order valence-electron chi connectivity index (χ3n) is 3.83. The number of rotatable bonds is 2. The highest BCUT2D eigenvalue weighted by Gasteiger charge is 2.40. The van der Waals surface area contributed by atoms with Crippen LogP contribution in [0.5, 0.6) is 0 Å². The fourth-order valence-electron chi connectivity index (χ4n) is 2.99. The molecule has 1 aromatic rings. The number of hydrogen-bond donors (Lipinski definition) is 1. The van der Waals surface area contributed by atoms with Crippen LogP contribution in [0.3, 0.4) is 0 Å². The second kappa shape index (κ2) is 4.08. The van der Waals surface area contributed by atoms with Crippen molar-refractivity contribution in [1.29, 1.82) is 0 Å². The molecule has 3 atom stereocenters. The predicted molar refractivity (Wildman–Crippen MR) is 65.5 cm³/mol. The number of fused-ring (bicyclic) bond motifs is 3. The number of anilines is 1. The number of benzene rings is 1. The molecule has 0 spiro atoms. The summed E-state index contributed by atoms with van der Waals surface area (Å²) in [5, 5.41) is 25.0. The van der Waals surface area contributed by atoms with E-state index in [1.165, 1.54) is 6.07 Å². The van der Waals surface area contributed by atoms with E-state index in [2.05, 4.69) is 5.32 Å². The molecule has 1 aromatic carbocycles. The van der Waals surface area contributed by atoms with E-state index in [1.807, 2.05) is 12.2 Å². The van der Waals surface area contributed by atoms with Gasteiger partial charge in [-0.1, -0.05) is 24.3 Å². The number of allylic oxidation sites excluding steroid dienone is 2. The Balaban J connectivity index is 2.15. The number of nitrogens with zero attached hydrogens (tertiary/aromatic N) is 1. The van der Waals surface area contributed by atoms with Gasteiger partial charge in [-0.05, 0) is 17.9 Å². The molecule has 2 aliphatic rings. The number of carbonyl (C=O) groups is 1. The smallest absolute Gasteiger partial charge is 0.292 e. The van der Waals surface area contributed by atoms with Crippen molar-refractivity contribution in [3.05, 3.63) is 46.0 Å². The number of hydrogen-bond acceptors (Lipinski definition) is 5. The first-order chi connectivity index (χ1) is 9.09. The molecule has 98 valence electrons. The van der Waals surface area contributed by atoms with Gasteiger partial charge in [-0.15, -0.1) is 0 Å². The maximum Gasteiger partial charge on any atom is 0.292 e. The van der Waals surface area contributed by atoms with Gasteiger partial charge in [0, 0.05) is 12.0 Å². The molecule has 6 nitrogen and oxygen atoms in total. The maximum absolute atomic E-state index is 11.2. The molecule has 0 bridgehead atoms. The van der Waals surface area contributed by atoms with Gasteiger partial charge in [0.25, 0.3) is 5.69 Å². The maximum atomic E-state index is 11.2. The number of para-hydroxylation sites is 1. The zero-order chi connectivity index (χ0) is 13.6. The van der Waals surface area contributed by atoms with Gasteiger partial charge in [-0.25, -0.2) is 0 Å². The SMILES string of the molecule is O=C([O-])[C@@H]1Nc2c(cccc2[N+](=O)[O-])[C@H]2C=CC[C@@H]21. The van der Waals surface area contributed by atoms with Gasteiger partial charge in [0.2, 0.25) is 0 Å². The minimum atomic E-state index is -1.22. The average molecular weight is 259 g/mol. The van der Waals surface area contributed by atoms with Gasteiger partial charge in [-0.3, -0.25) is 10.1 Å². The highest BCUT2D eigenvalue weighted by atomic mass is 16.6. The van der Waals surface area contributed by atoms with Gasteiger partial charge in [0.05, 0.1) is 16.9 Å². The number of nitro benzene ring substituents is 1. The third kappa shape index (κ3) is 1.68. The summed E-state index contributed by atoms with van der Waals surface area (Å²) in [5.41, 5.74) is 0.988. The van der Waals surface area contributed by atoms with Crippen LogP contribution in [-0.2, 0) is 4.79 Å². The summed E-state index contributed by atoms with van der Waals surface area (Å²) in [7, 11) is 0. The van der Waals surface area contributed by atoms with Crippen molar-refractivity contribution in [1.82, 2.24) is 0 Å². The molecule has 1 aliphatic heterocycles. The van der Waals surface area contributed by atoms with E-state index in [0.717, 1.165) is 5.56 Å². The molecule has 19 heavy (non-hydrogen) atoms. The normalized spacial score (nSPS) is 27.3. The van der Waals surface area contributed by atoms with E-state index >= 15 is 0 Å². The van der Waals surface area contributed by atoms with E-state index < -0.39 is 16.9 Å². The van der Waals surface area contributed by atoms with E-state index in [1.54, 1.807) is 12.1 Å². The number of aliphatic carboxylic acids is 1. The minimum Gasteiger partial charge on any atom is -0.548 e. The molecular weight excluding hydrogens is 248 g/mol. The number of nitro groups is 1. The van der Waals surface area contributed by atoms with Crippen LogP contribution in [0.25, 0.3) is 0 Å². The van der Waals surface area contributed by atoms with Gasteiger partial charge >= 0.3 is 0 Å². The third-order valence-corrected chi connectivity index (χ3v) is 3.83. The number of carbonyl (C=O) groups excluding carboxylic acids is 1. The Morgan fingerprint density at radius 2 is 2.21 bits per heavy atom. The molecule has 0 saturated carbocycles. The lowest BCUT2D eigenvalue weighted by Gasteiger charge is -2.37. The summed E-state index contributed by atoms with van der Waals surface area (Å²) in [5.74, 6) is -1.46. The standard InChI is InChI=1S/C13H12N2O4/c16-13(17)12-9-4-1-3-7(9)8-5-2-6-10(15(18)19)11(8)14-12/h1-3,5-7,9,12,14H,4H2,(H,16,17)/p-1/t7-,9+,12-/m1/s1. The fourth-order valence-corrected chi connectivity index (χ4v) is 2.99. The average Bonchev–Trinajstić information content (AvgIpc) is 2.85. The van der Waals surface area contributed by atoms with Gasteiger partial charge in [0.15, 0.2) is 0 Å². The van der Waals surface area contributed by atoms with Crippen LogP contribution in [0.2, 0.25) is 0 Å². The van der Waals surface area contributed by atoms with Crippen molar-refractivity contribution in [2.24, 2.45) is 5.92 Å². The minimum absolute atomic E-state index is 0.0949. The quantitative estimate of drug-likeness (QED) is 0.481. The highest BCUT2D eigenvalue weighted by Crippen LogP contribution is 2.47. The molecule has 1 heterocycles. The molecule has 0 aromatic heterocycles. The van der Waals surface area contributed by atoms with E-state index in [4.69, 9.17) is 0 Å². The summed E-state index contributed by atoms with van der Waals surface area (Å²) in [6, 6.07) is 3.90. The van der Waals surface area contributed by atoms with Crippen molar-refractivity contribution < 1.29 is 14.8 Å². The predicted octanol–water partition coefficient (Wildman–Crippen LogP) is 0.798. The summed E-state index contributed by atoms with van der Waals surface area (Å²) >= 11 is 0. The van der Waals surface area contributed by atoms with Crippen molar-refractivity contribution in [2.75, 3.05) is 5.32 Å².